The molecule has 0 aliphatic heterocycles. The predicted octanol–water partition coefficient (Wildman–Crippen LogP) is 1.77. The fraction of sp³-hybridized carbons (Fsp3) is 0.308. The summed E-state index contributed by atoms with van der Waals surface area (Å²) in [6.45, 7) is 0.828. The second-order valence-electron chi connectivity index (χ2n) is 4.51. The topological polar surface area (TPSA) is 66.7 Å². The number of aromatic nitrogens is 2. The molecule has 4 heteroatoms. The van der Waals surface area contributed by atoms with E-state index < -0.39 is 0 Å². The number of aryl methyl sites for hydroxylation is 1. The Morgan fingerprint density at radius 1 is 1.47 bits per heavy atom. The molecule has 1 aromatic carbocycles. The maximum Gasteiger partial charge on any atom is 0.0922 e. The SMILES string of the molecule is Nc1ccc2c(c1)CCC2NCc1cnc[nH]1. The number of aromatic amines is 1. The molecule has 0 fully saturated rings. The number of benzene rings is 1. The van der Waals surface area contributed by atoms with Gasteiger partial charge in [-0.25, -0.2) is 4.98 Å². The Morgan fingerprint density at radius 2 is 2.41 bits per heavy atom. The van der Waals surface area contributed by atoms with Crippen LogP contribution in [0.4, 0.5) is 5.69 Å². The van der Waals surface area contributed by atoms with Crippen molar-refractivity contribution in [2.24, 2.45) is 0 Å². The van der Waals surface area contributed by atoms with E-state index in [0.29, 0.717) is 6.04 Å². The Balaban J connectivity index is 1.71. The quantitative estimate of drug-likeness (QED) is 0.701. The number of rotatable bonds is 3. The molecule has 0 bridgehead atoms. The summed E-state index contributed by atoms with van der Waals surface area (Å²) in [5.74, 6) is 0. The average Bonchev–Trinajstić information content (AvgIpc) is 2.94. The molecule has 1 aromatic heterocycles. The fourth-order valence-corrected chi connectivity index (χ4v) is 2.46. The third-order valence-electron chi connectivity index (χ3n) is 3.34. The average molecular weight is 228 g/mol. The Kier molecular flexibility index (Phi) is 2.57. The number of nitrogens with zero attached hydrogens (tertiary/aromatic N) is 1. The molecule has 0 radical (unpaired) electrons. The van der Waals surface area contributed by atoms with E-state index in [1.807, 2.05) is 12.3 Å². The highest BCUT2D eigenvalue weighted by atomic mass is 15.0. The van der Waals surface area contributed by atoms with Crippen LogP contribution >= 0.6 is 0 Å². The van der Waals surface area contributed by atoms with Crippen LogP contribution in [0.5, 0.6) is 0 Å². The molecule has 0 saturated carbocycles. The van der Waals surface area contributed by atoms with Gasteiger partial charge in [-0.05, 0) is 36.1 Å². The van der Waals surface area contributed by atoms with Crippen molar-refractivity contribution in [3.63, 3.8) is 0 Å². The molecule has 2 aromatic rings. The zero-order valence-electron chi connectivity index (χ0n) is 9.61. The molecule has 1 heterocycles. The van der Waals surface area contributed by atoms with Gasteiger partial charge in [0.25, 0.3) is 0 Å². The van der Waals surface area contributed by atoms with Gasteiger partial charge >= 0.3 is 0 Å². The van der Waals surface area contributed by atoms with E-state index in [2.05, 4.69) is 27.4 Å². The normalized spacial score (nSPS) is 18.2. The molecule has 1 unspecified atom stereocenters. The van der Waals surface area contributed by atoms with Gasteiger partial charge in [-0.1, -0.05) is 6.07 Å². The maximum atomic E-state index is 5.79. The molecule has 3 rings (SSSR count). The van der Waals surface area contributed by atoms with E-state index in [1.54, 1.807) is 6.33 Å². The fourth-order valence-electron chi connectivity index (χ4n) is 2.46. The predicted molar refractivity (Wildman–Crippen MR) is 67.3 cm³/mol. The first-order chi connectivity index (χ1) is 8.33. The molecule has 1 aliphatic rings. The lowest BCUT2D eigenvalue weighted by Gasteiger charge is -2.13. The minimum Gasteiger partial charge on any atom is -0.399 e. The third-order valence-corrected chi connectivity index (χ3v) is 3.34. The van der Waals surface area contributed by atoms with E-state index in [1.165, 1.54) is 11.1 Å². The van der Waals surface area contributed by atoms with Crippen LogP contribution in [-0.4, -0.2) is 9.97 Å². The number of nitrogens with two attached hydrogens (primary N) is 1. The summed E-state index contributed by atoms with van der Waals surface area (Å²) in [4.78, 5) is 7.11. The van der Waals surface area contributed by atoms with Gasteiger partial charge in [0.05, 0.1) is 6.33 Å². The van der Waals surface area contributed by atoms with Crippen LogP contribution in [0.2, 0.25) is 0 Å². The van der Waals surface area contributed by atoms with Gasteiger partial charge in [0.1, 0.15) is 0 Å². The Hall–Kier alpha value is -1.81. The van der Waals surface area contributed by atoms with Crippen LogP contribution < -0.4 is 11.1 Å². The van der Waals surface area contributed by atoms with Crippen molar-refractivity contribution >= 4 is 5.69 Å². The second-order valence-corrected chi connectivity index (χ2v) is 4.51. The molecule has 88 valence electrons. The van der Waals surface area contributed by atoms with Crippen LogP contribution in [0.15, 0.2) is 30.7 Å². The van der Waals surface area contributed by atoms with E-state index in [4.69, 9.17) is 5.73 Å². The summed E-state index contributed by atoms with van der Waals surface area (Å²) in [6.07, 6.45) is 5.82. The van der Waals surface area contributed by atoms with Gasteiger partial charge in [0.15, 0.2) is 0 Å². The van der Waals surface area contributed by atoms with Crippen LogP contribution in [0.25, 0.3) is 0 Å². The Bertz CT molecular complexity index is 504. The van der Waals surface area contributed by atoms with Gasteiger partial charge in [-0.15, -0.1) is 0 Å². The lowest BCUT2D eigenvalue weighted by molar-refractivity contribution is 0.526. The zero-order chi connectivity index (χ0) is 11.7. The number of hydrogen-bond donors (Lipinski definition) is 3. The van der Waals surface area contributed by atoms with Gasteiger partial charge < -0.3 is 16.0 Å². The lowest BCUT2D eigenvalue weighted by atomic mass is 10.1. The Morgan fingerprint density at radius 3 is 3.24 bits per heavy atom. The van der Waals surface area contributed by atoms with Crippen LogP contribution in [0.1, 0.15) is 29.3 Å². The highest BCUT2D eigenvalue weighted by Gasteiger charge is 2.21. The van der Waals surface area contributed by atoms with Crippen molar-refractivity contribution < 1.29 is 0 Å². The molecule has 1 aliphatic carbocycles. The molecule has 1 atom stereocenters. The van der Waals surface area contributed by atoms with E-state index in [-0.39, 0.29) is 0 Å². The lowest BCUT2D eigenvalue weighted by Crippen LogP contribution is -2.18. The molecule has 17 heavy (non-hydrogen) atoms. The highest BCUT2D eigenvalue weighted by molar-refractivity contribution is 5.47. The number of H-pyrrole nitrogens is 1. The Labute approximate surface area is 100 Å². The summed E-state index contributed by atoms with van der Waals surface area (Å²) in [5.41, 5.74) is 10.5. The summed E-state index contributed by atoms with van der Waals surface area (Å²) in [6, 6.07) is 6.65. The first kappa shape index (κ1) is 10.4. The van der Waals surface area contributed by atoms with Gasteiger partial charge in [0.2, 0.25) is 0 Å². The van der Waals surface area contributed by atoms with Crippen molar-refractivity contribution in [3.05, 3.63) is 47.5 Å². The first-order valence-corrected chi connectivity index (χ1v) is 5.92. The summed E-state index contributed by atoms with van der Waals surface area (Å²) >= 11 is 0. The number of nitrogen functional groups attached to an aromatic ring is 1. The monoisotopic (exact) mass is 228 g/mol. The zero-order valence-corrected chi connectivity index (χ0v) is 9.61. The van der Waals surface area contributed by atoms with Crippen molar-refractivity contribution in [1.29, 1.82) is 0 Å². The number of anilines is 1. The molecule has 0 amide bonds. The molecular formula is C13H16N4. The van der Waals surface area contributed by atoms with Crippen LogP contribution in [-0.2, 0) is 13.0 Å². The number of imidazole rings is 1. The van der Waals surface area contributed by atoms with Crippen molar-refractivity contribution in [1.82, 2.24) is 15.3 Å². The van der Waals surface area contributed by atoms with Gasteiger partial charge in [-0.3, -0.25) is 0 Å². The number of fused-ring (bicyclic) bond motifs is 1. The minimum atomic E-state index is 0.439. The summed E-state index contributed by atoms with van der Waals surface area (Å²) in [7, 11) is 0. The summed E-state index contributed by atoms with van der Waals surface area (Å²) in [5, 5.41) is 3.55. The van der Waals surface area contributed by atoms with E-state index in [9.17, 15) is 0 Å². The van der Waals surface area contributed by atoms with Crippen molar-refractivity contribution in [3.8, 4) is 0 Å². The highest BCUT2D eigenvalue weighted by Crippen LogP contribution is 2.32. The standard InChI is InChI=1S/C13H16N4/c14-10-2-3-12-9(5-10)1-4-13(12)16-7-11-6-15-8-17-11/h2-3,5-6,8,13,16H,1,4,7,14H2,(H,15,17). The van der Waals surface area contributed by atoms with Gasteiger partial charge in [0, 0.05) is 30.2 Å². The van der Waals surface area contributed by atoms with Crippen molar-refractivity contribution in [2.45, 2.75) is 25.4 Å². The minimum absolute atomic E-state index is 0.439. The van der Waals surface area contributed by atoms with Crippen LogP contribution in [0.3, 0.4) is 0 Å². The maximum absolute atomic E-state index is 5.79. The molecule has 4 nitrogen and oxygen atoms in total. The molecule has 0 spiro atoms. The first-order valence-electron chi connectivity index (χ1n) is 5.92. The number of hydrogen-bond acceptors (Lipinski definition) is 3. The number of nitrogens with one attached hydrogen (secondary N) is 2. The molecule has 0 saturated heterocycles. The van der Waals surface area contributed by atoms with E-state index in [0.717, 1.165) is 30.8 Å². The van der Waals surface area contributed by atoms with Gasteiger partial charge in [-0.2, -0.15) is 0 Å². The van der Waals surface area contributed by atoms with Crippen molar-refractivity contribution in [2.75, 3.05) is 5.73 Å². The summed E-state index contributed by atoms with van der Waals surface area (Å²) < 4.78 is 0. The van der Waals surface area contributed by atoms with E-state index >= 15 is 0 Å². The molecular weight excluding hydrogens is 212 g/mol. The third kappa shape index (κ3) is 2.03. The molecule has 4 N–H and O–H groups in total. The smallest absolute Gasteiger partial charge is 0.0922 e. The second kappa shape index (κ2) is 4.22. The largest absolute Gasteiger partial charge is 0.399 e. The van der Waals surface area contributed by atoms with Crippen LogP contribution in [0, 0.1) is 0 Å².